The van der Waals surface area contributed by atoms with E-state index >= 15 is 0 Å². The van der Waals surface area contributed by atoms with Gasteiger partial charge in [0.2, 0.25) is 0 Å². The van der Waals surface area contributed by atoms with Crippen LogP contribution in [-0.4, -0.2) is 34.4 Å². The van der Waals surface area contributed by atoms with Gasteiger partial charge in [-0.2, -0.15) is 18.2 Å². The van der Waals surface area contributed by atoms with E-state index in [9.17, 15) is 18.0 Å². The number of anilines is 1. The Morgan fingerprint density at radius 3 is 2.20 bits per heavy atom. The number of rotatable bonds is 7. The molecule has 35 heavy (non-hydrogen) atoms. The van der Waals surface area contributed by atoms with Gasteiger partial charge in [-0.05, 0) is 79.7 Å². The van der Waals surface area contributed by atoms with Crippen LogP contribution < -0.4 is 14.8 Å². The standard InChI is InChI=1S/C25H21F3N4O3/c1-3-35-24-30-22(16-6-14-21(34-2)15-7-16)32(31-24)20-12-10-19(11-13-20)29-23(33)17-4-8-18(9-5-17)25(26,27)28/h4-15H,3H2,1-2H3,(H,29,33). The number of nitrogens with zero attached hydrogens (tertiary/aromatic N) is 3. The molecule has 0 aliphatic heterocycles. The first-order valence-electron chi connectivity index (χ1n) is 10.6. The molecule has 1 amide bonds. The summed E-state index contributed by atoms with van der Waals surface area (Å²) in [5.41, 5.74) is 1.23. The molecular formula is C25H21F3N4O3. The molecule has 4 rings (SSSR count). The number of carbonyl (C=O) groups excluding carboxylic acids is 1. The fourth-order valence-corrected chi connectivity index (χ4v) is 3.29. The summed E-state index contributed by atoms with van der Waals surface area (Å²) in [5.74, 6) is 0.736. The Bertz CT molecular complexity index is 1300. The molecule has 10 heteroatoms. The maximum absolute atomic E-state index is 12.7. The highest BCUT2D eigenvalue weighted by atomic mass is 19.4. The van der Waals surface area contributed by atoms with E-state index < -0.39 is 17.6 Å². The van der Waals surface area contributed by atoms with Crippen molar-refractivity contribution in [2.75, 3.05) is 19.0 Å². The van der Waals surface area contributed by atoms with E-state index in [1.165, 1.54) is 0 Å². The maximum Gasteiger partial charge on any atom is 0.416 e. The summed E-state index contributed by atoms with van der Waals surface area (Å²) in [6.45, 7) is 2.24. The Kier molecular flexibility index (Phi) is 6.72. The molecule has 4 aromatic rings. The van der Waals surface area contributed by atoms with Gasteiger partial charge >= 0.3 is 12.2 Å². The highest BCUT2D eigenvalue weighted by Gasteiger charge is 2.30. The number of hydrogen-bond donors (Lipinski definition) is 1. The fraction of sp³-hybridized carbons (Fsp3) is 0.160. The largest absolute Gasteiger partial charge is 0.497 e. The first-order valence-corrected chi connectivity index (χ1v) is 10.6. The molecule has 1 N–H and O–H groups in total. The topological polar surface area (TPSA) is 78.3 Å². The third-order valence-corrected chi connectivity index (χ3v) is 5.05. The summed E-state index contributed by atoms with van der Waals surface area (Å²) in [7, 11) is 1.59. The molecule has 0 unspecified atom stereocenters. The van der Waals surface area contributed by atoms with Gasteiger partial charge < -0.3 is 14.8 Å². The fourth-order valence-electron chi connectivity index (χ4n) is 3.29. The Balaban J connectivity index is 1.55. The summed E-state index contributed by atoms with van der Waals surface area (Å²) >= 11 is 0. The van der Waals surface area contributed by atoms with Crippen molar-refractivity contribution >= 4 is 11.6 Å². The molecule has 0 spiro atoms. The van der Waals surface area contributed by atoms with E-state index in [4.69, 9.17) is 9.47 Å². The van der Waals surface area contributed by atoms with Gasteiger partial charge in [0.25, 0.3) is 5.91 Å². The van der Waals surface area contributed by atoms with Crippen LogP contribution in [0.2, 0.25) is 0 Å². The van der Waals surface area contributed by atoms with Crippen molar-refractivity contribution < 1.29 is 27.4 Å². The Hall–Kier alpha value is -4.34. The van der Waals surface area contributed by atoms with Gasteiger partial charge in [0.05, 0.1) is 25.0 Å². The van der Waals surface area contributed by atoms with Gasteiger partial charge in [0, 0.05) is 16.8 Å². The molecule has 7 nitrogen and oxygen atoms in total. The lowest BCUT2D eigenvalue weighted by Gasteiger charge is -2.10. The van der Waals surface area contributed by atoms with Crippen molar-refractivity contribution in [3.05, 3.63) is 83.9 Å². The van der Waals surface area contributed by atoms with Gasteiger partial charge in [0.15, 0.2) is 5.82 Å². The van der Waals surface area contributed by atoms with Crippen molar-refractivity contribution in [1.29, 1.82) is 0 Å². The Morgan fingerprint density at radius 1 is 0.971 bits per heavy atom. The van der Waals surface area contributed by atoms with E-state index in [0.717, 1.165) is 29.8 Å². The highest BCUT2D eigenvalue weighted by Crippen LogP contribution is 2.29. The molecule has 0 bridgehead atoms. The monoisotopic (exact) mass is 482 g/mol. The molecule has 0 aliphatic rings. The SMILES string of the molecule is CCOc1nc(-c2ccc(OC)cc2)n(-c2ccc(NC(=O)c3ccc(C(F)(F)F)cc3)cc2)n1. The molecular weight excluding hydrogens is 461 g/mol. The highest BCUT2D eigenvalue weighted by molar-refractivity contribution is 6.04. The average Bonchev–Trinajstić information content (AvgIpc) is 3.28. The van der Waals surface area contributed by atoms with Gasteiger partial charge in [-0.1, -0.05) is 0 Å². The summed E-state index contributed by atoms with van der Waals surface area (Å²) in [5, 5.41) is 7.10. The first-order chi connectivity index (χ1) is 16.8. The number of ether oxygens (including phenoxy) is 2. The molecule has 0 saturated carbocycles. The van der Waals surface area contributed by atoms with E-state index in [1.807, 2.05) is 31.2 Å². The predicted octanol–water partition coefficient (Wildman–Crippen LogP) is 5.61. The summed E-state index contributed by atoms with van der Waals surface area (Å²) in [6.07, 6.45) is -4.46. The maximum atomic E-state index is 12.7. The van der Waals surface area contributed by atoms with Crippen LogP contribution in [0.4, 0.5) is 18.9 Å². The first kappa shape index (κ1) is 23.8. The second-order valence-corrected chi connectivity index (χ2v) is 7.37. The van der Waals surface area contributed by atoms with Crippen LogP contribution in [-0.2, 0) is 6.18 Å². The molecule has 180 valence electrons. The van der Waals surface area contributed by atoms with E-state index in [1.54, 1.807) is 36.1 Å². The molecule has 1 aromatic heterocycles. The number of benzene rings is 3. The zero-order chi connectivity index (χ0) is 25.0. The predicted molar refractivity (Wildman–Crippen MR) is 124 cm³/mol. The number of halogens is 3. The Morgan fingerprint density at radius 2 is 1.63 bits per heavy atom. The zero-order valence-electron chi connectivity index (χ0n) is 18.8. The lowest BCUT2D eigenvalue weighted by Crippen LogP contribution is -2.13. The minimum atomic E-state index is -4.46. The van der Waals surface area contributed by atoms with Gasteiger partial charge in [-0.15, -0.1) is 5.10 Å². The number of methoxy groups -OCH3 is 1. The minimum Gasteiger partial charge on any atom is -0.497 e. The van der Waals surface area contributed by atoms with E-state index in [2.05, 4.69) is 15.4 Å². The summed E-state index contributed by atoms with van der Waals surface area (Å²) < 4.78 is 50.5. The second-order valence-electron chi connectivity index (χ2n) is 7.37. The normalized spacial score (nSPS) is 11.2. The zero-order valence-corrected chi connectivity index (χ0v) is 18.8. The molecule has 0 aliphatic carbocycles. The van der Waals surface area contributed by atoms with Gasteiger partial charge in [-0.3, -0.25) is 4.79 Å². The van der Waals surface area contributed by atoms with Crippen molar-refractivity contribution in [2.24, 2.45) is 0 Å². The summed E-state index contributed by atoms with van der Waals surface area (Å²) in [6, 6.07) is 18.4. The number of nitrogens with one attached hydrogen (secondary N) is 1. The lowest BCUT2D eigenvalue weighted by atomic mass is 10.1. The van der Waals surface area contributed by atoms with Crippen molar-refractivity contribution in [3.8, 4) is 28.8 Å². The number of amides is 1. The van der Waals surface area contributed by atoms with Gasteiger partial charge in [0.1, 0.15) is 5.75 Å². The van der Waals surface area contributed by atoms with Crippen molar-refractivity contribution in [2.45, 2.75) is 13.1 Å². The number of hydrogen-bond acceptors (Lipinski definition) is 5. The molecule has 0 radical (unpaired) electrons. The third kappa shape index (κ3) is 5.43. The lowest BCUT2D eigenvalue weighted by molar-refractivity contribution is -0.137. The van der Waals surface area contributed by atoms with Crippen LogP contribution in [0.15, 0.2) is 72.8 Å². The van der Waals surface area contributed by atoms with Crippen LogP contribution >= 0.6 is 0 Å². The number of aromatic nitrogens is 3. The Labute approximate surface area is 199 Å². The molecule has 3 aromatic carbocycles. The number of alkyl halides is 3. The minimum absolute atomic E-state index is 0.113. The van der Waals surface area contributed by atoms with Gasteiger partial charge in [-0.25, -0.2) is 4.68 Å². The molecule has 0 fully saturated rings. The summed E-state index contributed by atoms with van der Waals surface area (Å²) in [4.78, 5) is 16.9. The smallest absolute Gasteiger partial charge is 0.416 e. The van der Waals surface area contributed by atoms with E-state index in [-0.39, 0.29) is 11.6 Å². The van der Waals surface area contributed by atoms with E-state index in [0.29, 0.717) is 29.6 Å². The second kappa shape index (κ2) is 9.88. The van der Waals surface area contributed by atoms with Crippen LogP contribution in [0.5, 0.6) is 11.8 Å². The van der Waals surface area contributed by atoms with Crippen molar-refractivity contribution in [3.63, 3.8) is 0 Å². The molecule has 0 atom stereocenters. The molecule has 1 heterocycles. The third-order valence-electron chi connectivity index (χ3n) is 5.05. The number of carbonyl (C=O) groups is 1. The molecule has 0 saturated heterocycles. The van der Waals surface area contributed by atoms with Crippen LogP contribution in [0.25, 0.3) is 17.1 Å². The van der Waals surface area contributed by atoms with Crippen LogP contribution in [0.1, 0.15) is 22.8 Å². The van der Waals surface area contributed by atoms with Crippen LogP contribution in [0.3, 0.4) is 0 Å². The quantitative estimate of drug-likeness (QED) is 0.370. The van der Waals surface area contributed by atoms with Crippen LogP contribution in [0, 0.1) is 0 Å². The van der Waals surface area contributed by atoms with Crippen molar-refractivity contribution in [1.82, 2.24) is 14.8 Å². The average molecular weight is 482 g/mol.